The van der Waals surface area contributed by atoms with Gasteiger partial charge in [-0.3, -0.25) is 14.2 Å². The molecule has 5 nitrogen and oxygen atoms in total. The Morgan fingerprint density at radius 2 is 2.15 bits per heavy atom. The van der Waals surface area contributed by atoms with Crippen LogP contribution in [0.5, 0.6) is 0 Å². The third-order valence-corrected chi connectivity index (χ3v) is 3.94. The number of benzene rings is 1. The maximum atomic E-state index is 12.2. The fraction of sp³-hybridized carbons (Fsp3) is 0.400. The van der Waals surface area contributed by atoms with Crippen molar-refractivity contribution in [1.82, 2.24) is 14.9 Å². The van der Waals surface area contributed by atoms with Crippen LogP contribution < -0.4 is 10.9 Å². The normalized spacial score (nSPS) is 20.9. The second-order valence-corrected chi connectivity index (χ2v) is 5.45. The average Bonchev–Trinajstić information content (AvgIpc) is 3.18. The molecule has 1 saturated carbocycles. The maximum absolute atomic E-state index is 12.2. The molecule has 0 saturated heterocycles. The van der Waals surface area contributed by atoms with Gasteiger partial charge in [0.25, 0.3) is 5.56 Å². The number of aromatic nitrogens is 2. The molecule has 1 aliphatic rings. The molecule has 2 aromatic rings. The van der Waals surface area contributed by atoms with Gasteiger partial charge in [-0.2, -0.15) is 0 Å². The van der Waals surface area contributed by atoms with Gasteiger partial charge in [-0.15, -0.1) is 0 Å². The standard InChI is InChI=1S/C15H17N3O2/c1-9-7-11(9)14(19)16-8-13-17-12-6-4-3-5-10(12)15(20)18(13)2/h3-6,9,11H,7-8H2,1-2H3,(H,16,19)/t9-,11+/m0/s1. The molecule has 0 radical (unpaired) electrons. The lowest BCUT2D eigenvalue weighted by atomic mass is 10.2. The molecule has 1 fully saturated rings. The molecular weight excluding hydrogens is 254 g/mol. The number of para-hydroxylation sites is 1. The predicted molar refractivity (Wildman–Crippen MR) is 76.1 cm³/mol. The van der Waals surface area contributed by atoms with E-state index in [1.165, 1.54) is 4.57 Å². The summed E-state index contributed by atoms with van der Waals surface area (Å²) in [6, 6.07) is 7.24. The molecule has 104 valence electrons. The second-order valence-electron chi connectivity index (χ2n) is 5.45. The Bertz CT molecular complexity index is 735. The Kier molecular flexibility index (Phi) is 3.04. The highest BCUT2D eigenvalue weighted by Gasteiger charge is 2.38. The number of nitrogens with zero attached hydrogens (tertiary/aromatic N) is 2. The van der Waals surface area contributed by atoms with Gasteiger partial charge in [0.2, 0.25) is 5.91 Å². The summed E-state index contributed by atoms with van der Waals surface area (Å²) < 4.78 is 1.50. The minimum absolute atomic E-state index is 0.0555. The number of amides is 1. The molecule has 1 aliphatic carbocycles. The second kappa shape index (κ2) is 4.74. The first-order chi connectivity index (χ1) is 9.58. The topological polar surface area (TPSA) is 64.0 Å². The Hall–Kier alpha value is -2.17. The first-order valence-corrected chi connectivity index (χ1v) is 6.80. The molecule has 0 spiro atoms. The van der Waals surface area contributed by atoms with Crippen molar-refractivity contribution >= 4 is 16.8 Å². The average molecular weight is 271 g/mol. The lowest BCUT2D eigenvalue weighted by molar-refractivity contribution is -0.122. The van der Waals surface area contributed by atoms with Gasteiger partial charge in [0.05, 0.1) is 17.4 Å². The number of rotatable bonds is 3. The summed E-state index contributed by atoms with van der Waals surface area (Å²) in [6.45, 7) is 2.35. The zero-order valence-electron chi connectivity index (χ0n) is 11.6. The molecule has 0 aliphatic heterocycles. The molecule has 1 amide bonds. The summed E-state index contributed by atoms with van der Waals surface area (Å²) in [5.74, 6) is 1.24. The van der Waals surface area contributed by atoms with E-state index < -0.39 is 0 Å². The molecule has 1 heterocycles. The van der Waals surface area contributed by atoms with Crippen molar-refractivity contribution in [3.63, 3.8) is 0 Å². The number of carbonyl (C=O) groups is 1. The van der Waals surface area contributed by atoms with Crippen LogP contribution in [0.1, 0.15) is 19.2 Å². The molecule has 0 bridgehead atoms. The zero-order valence-corrected chi connectivity index (χ0v) is 11.6. The van der Waals surface area contributed by atoms with Crippen molar-refractivity contribution in [2.75, 3.05) is 0 Å². The molecule has 2 atom stereocenters. The van der Waals surface area contributed by atoms with Crippen LogP contribution in [0.4, 0.5) is 0 Å². The minimum atomic E-state index is -0.0837. The van der Waals surface area contributed by atoms with E-state index in [1.807, 2.05) is 18.2 Å². The van der Waals surface area contributed by atoms with Gasteiger partial charge in [-0.25, -0.2) is 4.98 Å². The first kappa shape index (κ1) is 12.8. The Balaban J connectivity index is 1.86. The van der Waals surface area contributed by atoms with Crippen molar-refractivity contribution in [2.45, 2.75) is 19.9 Å². The highest BCUT2D eigenvalue weighted by atomic mass is 16.2. The SMILES string of the molecule is C[C@H]1C[C@H]1C(=O)NCc1nc2ccccc2c(=O)n1C. The molecule has 1 aromatic heterocycles. The zero-order chi connectivity index (χ0) is 14.3. The van der Waals surface area contributed by atoms with Crippen molar-refractivity contribution in [2.24, 2.45) is 18.9 Å². The maximum Gasteiger partial charge on any atom is 0.261 e. The van der Waals surface area contributed by atoms with E-state index in [1.54, 1.807) is 13.1 Å². The van der Waals surface area contributed by atoms with Crippen LogP contribution in [0.25, 0.3) is 10.9 Å². The van der Waals surface area contributed by atoms with Crippen molar-refractivity contribution < 1.29 is 4.79 Å². The lowest BCUT2D eigenvalue weighted by Gasteiger charge is -2.10. The van der Waals surface area contributed by atoms with Crippen LogP contribution in [-0.2, 0) is 18.4 Å². The summed E-state index contributed by atoms with van der Waals surface area (Å²) in [7, 11) is 1.68. The summed E-state index contributed by atoms with van der Waals surface area (Å²) in [5.41, 5.74) is 0.583. The fourth-order valence-electron chi connectivity index (χ4n) is 2.41. The summed E-state index contributed by atoms with van der Waals surface area (Å²) in [4.78, 5) is 28.5. The highest BCUT2D eigenvalue weighted by molar-refractivity contribution is 5.81. The number of nitrogens with one attached hydrogen (secondary N) is 1. The summed E-state index contributed by atoms with van der Waals surface area (Å²) >= 11 is 0. The Morgan fingerprint density at radius 1 is 1.45 bits per heavy atom. The van der Waals surface area contributed by atoms with Gasteiger partial charge < -0.3 is 5.32 Å². The summed E-state index contributed by atoms with van der Waals surface area (Å²) in [6.07, 6.45) is 0.954. The van der Waals surface area contributed by atoms with Gasteiger partial charge in [0, 0.05) is 13.0 Å². The van der Waals surface area contributed by atoms with Crippen LogP contribution >= 0.6 is 0 Å². The fourth-order valence-corrected chi connectivity index (χ4v) is 2.41. The quantitative estimate of drug-likeness (QED) is 0.912. The van der Waals surface area contributed by atoms with E-state index in [2.05, 4.69) is 17.2 Å². The molecule has 1 aromatic carbocycles. The Morgan fingerprint density at radius 3 is 2.85 bits per heavy atom. The van der Waals surface area contributed by atoms with Gasteiger partial charge in [-0.05, 0) is 24.5 Å². The molecule has 3 rings (SSSR count). The van der Waals surface area contributed by atoms with E-state index >= 15 is 0 Å². The van der Waals surface area contributed by atoms with E-state index in [9.17, 15) is 9.59 Å². The largest absolute Gasteiger partial charge is 0.349 e. The molecule has 0 unspecified atom stereocenters. The van der Waals surface area contributed by atoms with Crippen LogP contribution in [0.15, 0.2) is 29.1 Å². The van der Waals surface area contributed by atoms with Crippen molar-refractivity contribution in [3.8, 4) is 0 Å². The van der Waals surface area contributed by atoms with E-state index in [-0.39, 0.29) is 17.4 Å². The monoisotopic (exact) mass is 271 g/mol. The smallest absolute Gasteiger partial charge is 0.261 e. The molecule has 20 heavy (non-hydrogen) atoms. The lowest BCUT2D eigenvalue weighted by Crippen LogP contribution is -2.30. The number of hydrogen-bond donors (Lipinski definition) is 1. The van der Waals surface area contributed by atoms with Crippen LogP contribution in [0.2, 0.25) is 0 Å². The van der Waals surface area contributed by atoms with E-state index in [0.29, 0.717) is 29.2 Å². The number of carbonyl (C=O) groups excluding carboxylic acids is 1. The van der Waals surface area contributed by atoms with Crippen LogP contribution in [-0.4, -0.2) is 15.5 Å². The van der Waals surface area contributed by atoms with E-state index in [0.717, 1.165) is 6.42 Å². The van der Waals surface area contributed by atoms with Crippen LogP contribution in [0, 0.1) is 11.8 Å². The van der Waals surface area contributed by atoms with Crippen molar-refractivity contribution in [3.05, 3.63) is 40.4 Å². The molecular formula is C15H17N3O2. The Labute approximate surface area is 116 Å². The number of fused-ring (bicyclic) bond motifs is 1. The van der Waals surface area contributed by atoms with E-state index in [4.69, 9.17) is 0 Å². The van der Waals surface area contributed by atoms with Crippen molar-refractivity contribution in [1.29, 1.82) is 0 Å². The molecule has 1 N–H and O–H groups in total. The third-order valence-electron chi connectivity index (χ3n) is 3.94. The van der Waals surface area contributed by atoms with Gasteiger partial charge in [0.1, 0.15) is 5.82 Å². The van der Waals surface area contributed by atoms with Gasteiger partial charge in [-0.1, -0.05) is 19.1 Å². The third kappa shape index (κ3) is 2.19. The molecule has 5 heteroatoms. The first-order valence-electron chi connectivity index (χ1n) is 6.80. The van der Waals surface area contributed by atoms with Crippen LogP contribution in [0.3, 0.4) is 0 Å². The van der Waals surface area contributed by atoms with Gasteiger partial charge >= 0.3 is 0 Å². The summed E-state index contributed by atoms with van der Waals surface area (Å²) in [5, 5.41) is 3.46. The van der Waals surface area contributed by atoms with Gasteiger partial charge in [0.15, 0.2) is 0 Å². The highest BCUT2D eigenvalue weighted by Crippen LogP contribution is 2.37. The number of hydrogen-bond acceptors (Lipinski definition) is 3. The minimum Gasteiger partial charge on any atom is -0.349 e. The predicted octanol–water partition coefficient (Wildman–Crippen LogP) is 1.21.